The van der Waals surface area contributed by atoms with Gasteiger partial charge in [-0.25, -0.2) is 4.98 Å². The van der Waals surface area contributed by atoms with Crippen LogP contribution in [0.1, 0.15) is 25.0 Å². The minimum atomic E-state index is -0.169. The van der Waals surface area contributed by atoms with Gasteiger partial charge in [0.2, 0.25) is 5.89 Å². The molecule has 9 aromatic rings. The molecule has 0 aliphatic heterocycles. The molecule has 0 N–H and O–H groups in total. The fourth-order valence-corrected chi connectivity index (χ4v) is 7.92. The number of aromatic nitrogens is 1. The Bertz CT molecular complexity index is 2700. The van der Waals surface area contributed by atoms with Gasteiger partial charge in [-0.15, -0.1) is 0 Å². The number of para-hydroxylation sites is 3. The van der Waals surface area contributed by atoms with Crippen molar-refractivity contribution < 1.29 is 8.83 Å². The molecule has 10 rings (SSSR count). The third-order valence-electron chi connectivity index (χ3n) is 10.3. The zero-order chi connectivity index (χ0) is 33.4. The molecule has 238 valence electrons. The molecule has 0 saturated carbocycles. The van der Waals surface area contributed by atoms with Crippen molar-refractivity contribution in [1.29, 1.82) is 0 Å². The quantitative estimate of drug-likeness (QED) is 0.187. The highest BCUT2D eigenvalue weighted by atomic mass is 16.3. The van der Waals surface area contributed by atoms with Crippen LogP contribution in [0.5, 0.6) is 0 Å². The first-order chi connectivity index (χ1) is 24.5. The monoisotopic (exact) mass is 644 g/mol. The summed E-state index contributed by atoms with van der Waals surface area (Å²) in [5.74, 6) is 0.590. The van der Waals surface area contributed by atoms with E-state index >= 15 is 0 Å². The van der Waals surface area contributed by atoms with Crippen LogP contribution in [0.25, 0.3) is 66.7 Å². The number of fused-ring (bicyclic) bond motifs is 7. The number of benzene rings is 7. The van der Waals surface area contributed by atoms with Gasteiger partial charge in [-0.05, 0) is 94.0 Å². The first-order valence-electron chi connectivity index (χ1n) is 17.0. The zero-order valence-corrected chi connectivity index (χ0v) is 27.7. The van der Waals surface area contributed by atoms with Gasteiger partial charge in [-0.3, -0.25) is 0 Å². The van der Waals surface area contributed by atoms with Crippen LogP contribution in [-0.4, -0.2) is 4.98 Å². The van der Waals surface area contributed by atoms with Gasteiger partial charge in [-0.2, -0.15) is 0 Å². The summed E-state index contributed by atoms with van der Waals surface area (Å²) in [6.45, 7) is 4.69. The third kappa shape index (κ3) is 4.28. The summed E-state index contributed by atoms with van der Waals surface area (Å²) in [6, 6.07) is 55.4. The van der Waals surface area contributed by atoms with Crippen molar-refractivity contribution in [3.8, 4) is 33.7 Å². The molecule has 0 atom stereocenters. The number of oxazole rings is 1. The number of hydrogen-bond donors (Lipinski definition) is 0. The Kier molecular flexibility index (Phi) is 6.19. The summed E-state index contributed by atoms with van der Waals surface area (Å²) in [5, 5.41) is 2.02. The Labute approximate surface area is 289 Å². The van der Waals surface area contributed by atoms with Gasteiger partial charge >= 0.3 is 0 Å². The van der Waals surface area contributed by atoms with E-state index in [2.05, 4.69) is 140 Å². The van der Waals surface area contributed by atoms with Crippen LogP contribution in [0.15, 0.2) is 167 Å². The molecule has 0 amide bonds. The maximum Gasteiger partial charge on any atom is 0.228 e. The Hall–Kier alpha value is -6.39. The van der Waals surface area contributed by atoms with Crippen LogP contribution in [0.2, 0.25) is 0 Å². The maximum atomic E-state index is 6.56. The van der Waals surface area contributed by atoms with E-state index in [1.807, 2.05) is 36.4 Å². The molecule has 0 radical (unpaired) electrons. The average Bonchev–Trinajstić information content (AvgIpc) is 3.83. The predicted molar refractivity (Wildman–Crippen MR) is 204 cm³/mol. The molecule has 0 spiro atoms. The minimum absolute atomic E-state index is 0.169. The Morgan fingerprint density at radius 1 is 0.500 bits per heavy atom. The lowest BCUT2D eigenvalue weighted by Gasteiger charge is -2.28. The molecule has 50 heavy (non-hydrogen) atoms. The van der Waals surface area contributed by atoms with Crippen molar-refractivity contribution in [2.24, 2.45) is 0 Å². The highest BCUT2D eigenvalue weighted by Crippen LogP contribution is 2.53. The van der Waals surface area contributed by atoms with E-state index in [1.54, 1.807) is 0 Å². The molecule has 0 fully saturated rings. The summed E-state index contributed by atoms with van der Waals surface area (Å²) in [4.78, 5) is 7.13. The van der Waals surface area contributed by atoms with Crippen LogP contribution >= 0.6 is 0 Å². The summed E-state index contributed by atoms with van der Waals surface area (Å²) in [7, 11) is 0. The van der Waals surface area contributed by atoms with E-state index in [0.29, 0.717) is 5.89 Å². The van der Waals surface area contributed by atoms with Crippen LogP contribution in [0.3, 0.4) is 0 Å². The van der Waals surface area contributed by atoms with Gasteiger partial charge in [0, 0.05) is 44.9 Å². The second kappa shape index (κ2) is 10.8. The molecular formula is C46H32N2O2. The Morgan fingerprint density at radius 3 is 2.04 bits per heavy atom. The van der Waals surface area contributed by atoms with Gasteiger partial charge < -0.3 is 13.7 Å². The van der Waals surface area contributed by atoms with Crippen LogP contribution in [0, 0.1) is 0 Å². The summed E-state index contributed by atoms with van der Waals surface area (Å²) >= 11 is 0. The van der Waals surface area contributed by atoms with Gasteiger partial charge in [0.05, 0.1) is 0 Å². The first kappa shape index (κ1) is 28.6. The van der Waals surface area contributed by atoms with E-state index in [4.69, 9.17) is 13.8 Å². The second-order valence-electron chi connectivity index (χ2n) is 13.6. The molecule has 4 heteroatoms. The number of hydrogen-bond acceptors (Lipinski definition) is 4. The molecule has 0 saturated heterocycles. The van der Waals surface area contributed by atoms with Gasteiger partial charge in [0.25, 0.3) is 0 Å². The van der Waals surface area contributed by atoms with E-state index in [-0.39, 0.29) is 5.41 Å². The van der Waals surface area contributed by atoms with E-state index in [0.717, 1.165) is 55.7 Å². The Morgan fingerprint density at radius 2 is 1.20 bits per heavy atom. The number of anilines is 3. The second-order valence-corrected chi connectivity index (χ2v) is 13.6. The van der Waals surface area contributed by atoms with E-state index in [9.17, 15) is 0 Å². The summed E-state index contributed by atoms with van der Waals surface area (Å²) in [5.41, 5.74) is 15.0. The summed E-state index contributed by atoms with van der Waals surface area (Å²) < 4.78 is 12.8. The lowest BCUT2D eigenvalue weighted by Crippen LogP contribution is -2.16. The van der Waals surface area contributed by atoms with Gasteiger partial charge in [0.1, 0.15) is 16.7 Å². The fraction of sp³-hybridized carbons (Fsp3) is 0.0652. The normalized spacial score (nSPS) is 13.2. The van der Waals surface area contributed by atoms with E-state index in [1.165, 1.54) is 33.4 Å². The highest BCUT2D eigenvalue weighted by molar-refractivity contribution is 6.12. The van der Waals surface area contributed by atoms with Crippen molar-refractivity contribution in [3.05, 3.63) is 169 Å². The lowest BCUT2D eigenvalue weighted by molar-refractivity contribution is 0.620. The van der Waals surface area contributed by atoms with Crippen LogP contribution < -0.4 is 4.90 Å². The smallest absolute Gasteiger partial charge is 0.228 e. The predicted octanol–water partition coefficient (Wildman–Crippen LogP) is 12.8. The number of nitrogens with zero attached hydrogens (tertiary/aromatic N) is 2. The molecule has 7 aromatic carbocycles. The van der Waals surface area contributed by atoms with Crippen molar-refractivity contribution in [1.82, 2.24) is 4.98 Å². The minimum Gasteiger partial charge on any atom is -0.456 e. The van der Waals surface area contributed by atoms with Crippen molar-refractivity contribution in [3.63, 3.8) is 0 Å². The SMILES string of the molecule is CC1(C)c2cc(N(c3ccccc3)c3ccc4c(c3)oc3cccc(-c5nc6ccccc6o5)c34)ccc2-c2c(-c3ccccc3)cccc21. The molecule has 0 unspecified atom stereocenters. The van der Waals surface area contributed by atoms with E-state index < -0.39 is 0 Å². The molecule has 4 nitrogen and oxygen atoms in total. The molecular weight excluding hydrogens is 613 g/mol. The summed E-state index contributed by atoms with van der Waals surface area (Å²) in [6.07, 6.45) is 0. The molecule has 0 bridgehead atoms. The van der Waals surface area contributed by atoms with Gasteiger partial charge in [-0.1, -0.05) is 105 Å². The van der Waals surface area contributed by atoms with Crippen LogP contribution in [-0.2, 0) is 5.41 Å². The Balaban J connectivity index is 1.13. The van der Waals surface area contributed by atoms with Crippen LogP contribution in [0.4, 0.5) is 17.1 Å². The van der Waals surface area contributed by atoms with Crippen molar-refractivity contribution in [2.45, 2.75) is 19.3 Å². The molecule has 1 aliphatic rings. The number of furan rings is 1. The molecule has 1 aliphatic carbocycles. The maximum absolute atomic E-state index is 6.56. The van der Waals surface area contributed by atoms with Gasteiger partial charge in [0.15, 0.2) is 5.58 Å². The van der Waals surface area contributed by atoms with Crippen molar-refractivity contribution in [2.75, 3.05) is 4.90 Å². The highest BCUT2D eigenvalue weighted by Gasteiger charge is 2.37. The molecule has 2 aromatic heterocycles. The third-order valence-corrected chi connectivity index (χ3v) is 10.3. The molecule has 2 heterocycles. The largest absolute Gasteiger partial charge is 0.456 e. The standard InChI is InChI=1S/C46H32N2O2/c1-46(2)37-19-11-17-33(29-13-5-3-6-14-29)43(37)34-25-23-31(27-38(34)46)48(30-15-7-4-8-16-30)32-24-26-35-42(28-32)49-41-22-12-18-36(44(35)41)45-47-39-20-9-10-21-40(39)50-45/h3-28H,1-2H3. The number of rotatable bonds is 5. The topological polar surface area (TPSA) is 42.4 Å². The average molecular weight is 645 g/mol. The zero-order valence-electron chi connectivity index (χ0n) is 27.7. The van der Waals surface area contributed by atoms with Crippen molar-refractivity contribution >= 4 is 50.1 Å². The fourth-order valence-electron chi connectivity index (χ4n) is 7.92. The lowest BCUT2D eigenvalue weighted by atomic mass is 9.81. The first-order valence-corrected chi connectivity index (χ1v) is 17.0.